The van der Waals surface area contributed by atoms with Crippen molar-refractivity contribution in [2.45, 2.75) is 33.4 Å². The number of fused-ring (bicyclic) bond motifs is 1. The molecular formula is C20H21FN2O3. The third-order valence-electron chi connectivity index (χ3n) is 4.25. The van der Waals surface area contributed by atoms with Crippen molar-refractivity contribution < 1.29 is 18.7 Å². The summed E-state index contributed by atoms with van der Waals surface area (Å²) in [6.07, 6.45) is -0.662. The van der Waals surface area contributed by atoms with E-state index in [9.17, 15) is 14.0 Å². The lowest BCUT2D eigenvalue weighted by atomic mass is 10.1. The average Bonchev–Trinajstić information content (AvgIpc) is 2.61. The van der Waals surface area contributed by atoms with E-state index in [1.165, 1.54) is 11.0 Å². The number of halogens is 1. The second-order valence-electron chi connectivity index (χ2n) is 6.60. The zero-order chi connectivity index (χ0) is 18.8. The highest BCUT2D eigenvalue weighted by Gasteiger charge is 2.32. The van der Waals surface area contributed by atoms with Crippen LogP contribution in [0.1, 0.15) is 26.3 Å². The highest BCUT2D eigenvalue weighted by Crippen LogP contribution is 2.37. The molecule has 26 heavy (non-hydrogen) atoms. The number of benzene rings is 2. The molecule has 1 aliphatic rings. The van der Waals surface area contributed by atoms with Crippen molar-refractivity contribution in [2.75, 3.05) is 10.2 Å². The molecule has 0 aliphatic carbocycles. The number of carbonyl (C=O) groups is 2. The first-order valence-corrected chi connectivity index (χ1v) is 8.53. The van der Waals surface area contributed by atoms with Crippen LogP contribution in [0.15, 0.2) is 42.5 Å². The van der Waals surface area contributed by atoms with Crippen molar-refractivity contribution in [3.63, 3.8) is 0 Å². The molecule has 2 aromatic rings. The summed E-state index contributed by atoms with van der Waals surface area (Å²) < 4.78 is 19.7. The first-order chi connectivity index (χ1) is 12.4. The Balaban J connectivity index is 1.96. The van der Waals surface area contributed by atoms with Gasteiger partial charge in [0.1, 0.15) is 11.6 Å². The molecule has 1 N–H and O–H groups in total. The van der Waals surface area contributed by atoms with Crippen molar-refractivity contribution in [3.8, 4) is 5.75 Å². The van der Waals surface area contributed by atoms with Crippen LogP contribution in [0, 0.1) is 11.7 Å². The number of rotatable bonds is 4. The summed E-state index contributed by atoms with van der Waals surface area (Å²) in [6, 6.07) is 11.5. The average molecular weight is 356 g/mol. The topological polar surface area (TPSA) is 58.6 Å². The fourth-order valence-electron chi connectivity index (χ4n) is 2.73. The molecule has 136 valence electrons. The quantitative estimate of drug-likeness (QED) is 0.908. The zero-order valence-corrected chi connectivity index (χ0v) is 15.0. The number of hydrogen-bond acceptors (Lipinski definition) is 3. The SMILES string of the molecule is CC(C)C(=O)Nc1ccc2c(c1)N(Cc1ccccc1F)C(=O)C(C)O2. The minimum Gasteiger partial charge on any atom is -0.479 e. The molecule has 3 rings (SSSR count). The van der Waals surface area contributed by atoms with Gasteiger partial charge in [-0.2, -0.15) is 0 Å². The second kappa shape index (κ2) is 7.15. The Morgan fingerprint density at radius 3 is 2.69 bits per heavy atom. The summed E-state index contributed by atoms with van der Waals surface area (Å²) in [5.74, 6) is -0.394. The summed E-state index contributed by atoms with van der Waals surface area (Å²) >= 11 is 0. The molecule has 1 unspecified atom stereocenters. The summed E-state index contributed by atoms with van der Waals surface area (Å²) in [4.78, 5) is 26.1. The van der Waals surface area contributed by atoms with Crippen LogP contribution in [0.4, 0.5) is 15.8 Å². The fourth-order valence-corrected chi connectivity index (χ4v) is 2.73. The van der Waals surface area contributed by atoms with Gasteiger partial charge in [0.05, 0.1) is 12.2 Å². The molecule has 1 aliphatic heterocycles. The van der Waals surface area contributed by atoms with Gasteiger partial charge in [-0.1, -0.05) is 32.0 Å². The van der Waals surface area contributed by atoms with Crippen molar-refractivity contribution in [2.24, 2.45) is 5.92 Å². The Morgan fingerprint density at radius 1 is 1.27 bits per heavy atom. The van der Waals surface area contributed by atoms with E-state index >= 15 is 0 Å². The smallest absolute Gasteiger partial charge is 0.268 e. The Morgan fingerprint density at radius 2 is 2.00 bits per heavy atom. The van der Waals surface area contributed by atoms with Crippen LogP contribution in [0.3, 0.4) is 0 Å². The van der Waals surface area contributed by atoms with E-state index in [-0.39, 0.29) is 30.1 Å². The normalized spacial score (nSPS) is 16.3. The van der Waals surface area contributed by atoms with Crippen LogP contribution in [0.25, 0.3) is 0 Å². The lowest BCUT2D eigenvalue weighted by Gasteiger charge is -2.33. The van der Waals surface area contributed by atoms with Crippen LogP contribution >= 0.6 is 0 Å². The third-order valence-corrected chi connectivity index (χ3v) is 4.25. The number of anilines is 2. The molecule has 2 amide bonds. The van der Waals surface area contributed by atoms with E-state index in [1.54, 1.807) is 57.2 Å². The van der Waals surface area contributed by atoms with Crippen LogP contribution in [-0.2, 0) is 16.1 Å². The summed E-state index contributed by atoms with van der Waals surface area (Å²) in [5, 5.41) is 2.81. The molecule has 5 nitrogen and oxygen atoms in total. The molecule has 0 saturated carbocycles. The maximum Gasteiger partial charge on any atom is 0.268 e. The minimum atomic E-state index is -0.662. The minimum absolute atomic E-state index is 0.0911. The Bertz CT molecular complexity index is 851. The lowest BCUT2D eigenvalue weighted by Crippen LogP contribution is -2.44. The summed E-state index contributed by atoms with van der Waals surface area (Å²) in [6.45, 7) is 5.35. The Hall–Kier alpha value is -2.89. The maximum absolute atomic E-state index is 14.1. The van der Waals surface area contributed by atoms with Gasteiger partial charge in [0.25, 0.3) is 5.91 Å². The molecule has 1 atom stereocenters. The van der Waals surface area contributed by atoms with Crippen LogP contribution in [0.2, 0.25) is 0 Å². The zero-order valence-electron chi connectivity index (χ0n) is 15.0. The first-order valence-electron chi connectivity index (χ1n) is 8.53. The molecule has 0 saturated heterocycles. The second-order valence-corrected chi connectivity index (χ2v) is 6.60. The van der Waals surface area contributed by atoms with Gasteiger partial charge in [-0.15, -0.1) is 0 Å². The van der Waals surface area contributed by atoms with Crippen molar-refractivity contribution in [1.82, 2.24) is 0 Å². The maximum atomic E-state index is 14.1. The van der Waals surface area contributed by atoms with Crippen LogP contribution in [-0.4, -0.2) is 17.9 Å². The molecule has 0 fully saturated rings. The van der Waals surface area contributed by atoms with Gasteiger partial charge in [0.2, 0.25) is 5.91 Å². The van der Waals surface area contributed by atoms with E-state index in [1.807, 2.05) is 0 Å². The van der Waals surface area contributed by atoms with Crippen molar-refractivity contribution >= 4 is 23.2 Å². The first kappa shape index (κ1) is 17.9. The number of carbonyl (C=O) groups excluding carboxylic acids is 2. The Kier molecular flexibility index (Phi) is 4.93. The van der Waals surface area contributed by atoms with Gasteiger partial charge >= 0.3 is 0 Å². The lowest BCUT2D eigenvalue weighted by molar-refractivity contribution is -0.125. The van der Waals surface area contributed by atoms with E-state index in [0.717, 1.165) is 0 Å². The highest BCUT2D eigenvalue weighted by molar-refractivity contribution is 6.01. The molecule has 6 heteroatoms. The van der Waals surface area contributed by atoms with Crippen molar-refractivity contribution in [1.29, 1.82) is 0 Å². The summed E-state index contributed by atoms with van der Waals surface area (Å²) in [7, 11) is 0. The Labute approximate surface area is 151 Å². The predicted octanol–water partition coefficient (Wildman–Crippen LogP) is 3.73. The number of nitrogens with zero attached hydrogens (tertiary/aromatic N) is 1. The van der Waals surface area contributed by atoms with E-state index in [0.29, 0.717) is 22.7 Å². The molecule has 2 aromatic carbocycles. The third kappa shape index (κ3) is 3.54. The monoisotopic (exact) mass is 356 g/mol. The molecule has 1 heterocycles. The van der Waals surface area contributed by atoms with Gasteiger partial charge < -0.3 is 15.0 Å². The van der Waals surface area contributed by atoms with Crippen molar-refractivity contribution in [3.05, 3.63) is 53.8 Å². The summed E-state index contributed by atoms with van der Waals surface area (Å²) in [5.41, 5.74) is 1.49. The number of ether oxygens (including phenoxy) is 1. The predicted molar refractivity (Wildman–Crippen MR) is 97.6 cm³/mol. The largest absolute Gasteiger partial charge is 0.479 e. The number of nitrogens with one attached hydrogen (secondary N) is 1. The molecule has 0 radical (unpaired) electrons. The van der Waals surface area contributed by atoms with E-state index in [2.05, 4.69) is 5.32 Å². The van der Waals surface area contributed by atoms with Gasteiger partial charge in [-0.05, 0) is 31.2 Å². The molecular weight excluding hydrogens is 335 g/mol. The standard InChI is InChI=1S/C20H21FN2O3/c1-12(2)19(24)22-15-8-9-18-17(10-15)23(20(25)13(3)26-18)11-14-6-4-5-7-16(14)21/h4-10,12-13H,11H2,1-3H3,(H,22,24). The van der Waals surface area contributed by atoms with Gasteiger partial charge in [0, 0.05) is 17.2 Å². The fraction of sp³-hybridized carbons (Fsp3) is 0.300. The molecule has 0 spiro atoms. The van der Waals surface area contributed by atoms with Gasteiger partial charge in [-0.3, -0.25) is 9.59 Å². The molecule has 0 aromatic heterocycles. The number of amides is 2. The van der Waals surface area contributed by atoms with Crippen LogP contribution in [0.5, 0.6) is 5.75 Å². The van der Waals surface area contributed by atoms with Gasteiger partial charge in [0.15, 0.2) is 6.10 Å². The number of hydrogen-bond donors (Lipinski definition) is 1. The van der Waals surface area contributed by atoms with Gasteiger partial charge in [-0.25, -0.2) is 4.39 Å². The van der Waals surface area contributed by atoms with E-state index in [4.69, 9.17) is 4.74 Å². The molecule has 0 bridgehead atoms. The van der Waals surface area contributed by atoms with Crippen LogP contribution < -0.4 is 15.0 Å². The highest BCUT2D eigenvalue weighted by atomic mass is 19.1. The van der Waals surface area contributed by atoms with E-state index < -0.39 is 6.10 Å².